The molecule has 1 amide bonds. The smallest absolute Gasteiger partial charge is 0.290 e. The van der Waals surface area contributed by atoms with Gasteiger partial charge in [0.25, 0.3) is 5.91 Å². The predicted octanol–water partition coefficient (Wildman–Crippen LogP) is 3.61. The van der Waals surface area contributed by atoms with Crippen LogP contribution in [0.15, 0.2) is 63.8 Å². The highest BCUT2D eigenvalue weighted by atomic mass is 16.5. The second-order valence-electron chi connectivity index (χ2n) is 6.48. The van der Waals surface area contributed by atoms with E-state index in [1.807, 2.05) is 24.3 Å². The molecule has 1 aliphatic rings. The van der Waals surface area contributed by atoms with E-state index in [4.69, 9.17) is 9.15 Å². The number of ether oxygens (including phenoxy) is 1. The first-order valence-corrected chi connectivity index (χ1v) is 8.62. The molecule has 0 saturated heterocycles. The van der Waals surface area contributed by atoms with Crippen LogP contribution in [-0.4, -0.2) is 24.0 Å². The summed E-state index contributed by atoms with van der Waals surface area (Å²) in [6.07, 6.45) is 1.94. The van der Waals surface area contributed by atoms with Gasteiger partial charge >= 0.3 is 0 Å². The normalized spacial score (nSPS) is 13.6. The summed E-state index contributed by atoms with van der Waals surface area (Å²) in [4.78, 5) is 27.1. The van der Waals surface area contributed by atoms with Crippen molar-refractivity contribution in [2.45, 2.75) is 25.4 Å². The van der Waals surface area contributed by atoms with Gasteiger partial charge < -0.3 is 14.1 Å². The number of rotatable bonds is 5. The second-order valence-corrected chi connectivity index (χ2v) is 6.48. The maximum Gasteiger partial charge on any atom is 0.290 e. The van der Waals surface area contributed by atoms with Crippen LogP contribution < -0.4 is 10.2 Å². The first kappa shape index (κ1) is 16.4. The Kier molecular flexibility index (Phi) is 4.21. The molecule has 1 fully saturated rings. The van der Waals surface area contributed by atoms with E-state index in [2.05, 4.69) is 0 Å². The summed E-state index contributed by atoms with van der Waals surface area (Å²) in [5.74, 6) is 0.624. The average Bonchev–Trinajstić information content (AvgIpc) is 3.51. The molecule has 0 N–H and O–H groups in total. The van der Waals surface area contributed by atoms with Crippen molar-refractivity contribution in [3.63, 3.8) is 0 Å². The van der Waals surface area contributed by atoms with E-state index in [0.29, 0.717) is 17.5 Å². The Labute approximate surface area is 150 Å². The van der Waals surface area contributed by atoms with Crippen LogP contribution in [0.4, 0.5) is 0 Å². The van der Waals surface area contributed by atoms with Gasteiger partial charge in [0.1, 0.15) is 11.3 Å². The lowest BCUT2D eigenvalue weighted by Gasteiger charge is -2.22. The molecule has 0 atom stereocenters. The van der Waals surface area contributed by atoms with Crippen molar-refractivity contribution in [2.75, 3.05) is 7.11 Å². The van der Waals surface area contributed by atoms with Crippen LogP contribution in [0, 0.1) is 0 Å². The fourth-order valence-corrected chi connectivity index (χ4v) is 3.03. The van der Waals surface area contributed by atoms with Crippen molar-refractivity contribution >= 4 is 16.9 Å². The molecule has 1 saturated carbocycles. The molecule has 0 bridgehead atoms. The van der Waals surface area contributed by atoms with Crippen LogP contribution in [0.3, 0.4) is 0 Å². The maximum atomic E-state index is 13.0. The molecule has 1 aromatic heterocycles. The van der Waals surface area contributed by atoms with Crippen molar-refractivity contribution in [2.24, 2.45) is 0 Å². The standard InChI is InChI=1S/C21H19NO4/c1-25-16-10-6-14(7-11-16)13-22(15-8-9-15)21(24)20-12-18(23)17-4-2-3-5-19(17)26-20/h2-7,10-12,15H,8-9,13H2,1H3. The van der Waals surface area contributed by atoms with E-state index < -0.39 is 0 Å². The van der Waals surface area contributed by atoms with Gasteiger partial charge in [0, 0.05) is 18.7 Å². The quantitative estimate of drug-likeness (QED) is 0.706. The SMILES string of the molecule is COc1ccc(CN(C(=O)c2cc(=O)c3ccccc3o2)C2CC2)cc1. The fourth-order valence-electron chi connectivity index (χ4n) is 3.03. The molecule has 2 aromatic carbocycles. The monoisotopic (exact) mass is 349 g/mol. The lowest BCUT2D eigenvalue weighted by atomic mass is 10.2. The largest absolute Gasteiger partial charge is 0.497 e. The number of carbonyl (C=O) groups is 1. The summed E-state index contributed by atoms with van der Waals surface area (Å²) < 4.78 is 10.9. The highest BCUT2D eigenvalue weighted by Gasteiger charge is 2.34. The minimum absolute atomic E-state index is 0.0918. The number of benzene rings is 2. The van der Waals surface area contributed by atoms with Gasteiger partial charge in [0.15, 0.2) is 11.2 Å². The Morgan fingerprint density at radius 2 is 1.88 bits per heavy atom. The van der Waals surface area contributed by atoms with Crippen LogP contribution in [0.5, 0.6) is 5.75 Å². The van der Waals surface area contributed by atoms with Crippen LogP contribution in [0.2, 0.25) is 0 Å². The maximum absolute atomic E-state index is 13.0. The number of nitrogens with zero attached hydrogens (tertiary/aromatic N) is 1. The minimum atomic E-state index is -0.244. The molecule has 5 heteroatoms. The molecular weight excluding hydrogens is 330 g/mol. The molecule has 0 radical (unpaired) electrons. The van der Waals surface area contributed by atoms with Crippen LogP contribution in [0.25, 0.3) is 11.0 Å². The van der Waals surface area contributed by atoms with Crippen molar-refractivity contribution < 1.29 is 13.9 Å². The third kappa shape index (κ3) is 3.20. The molecule has 0 spiro atoms. The van der Waals surface area contributed by atoms with Gasteiger partial charge in [-0.1, -0.05) is 24.3 Å². The Balaban J connectivity index is 1.64. The molecule has 26 heavy (non-hydrogen) atoms. The number of amides is 1. The van der Waals surface area contributed by atoms with Gasteiger partial charge in [0.05, 0.1) is 12.5 Å². The molecule has 1 heterocycles. The first-order chi connectivity index (χ1) is 12.7. The number of fused-ring (bicyclic) bond motifs is 1. The van der Waals surface area contributed by atoms with Crippen molar-refractivity contribution in [3.05, 3.63) is 76.1 Å². The Hall–Kier alpha value is -3.08. The van der Waals surface area contributed by atoms with E-state index in [1.165, 1.54) is 6.07 Å². The number of methoxy groups -OCH3 is 1. The molecule has 4 rings (SSSR count). The third-order valence-corrected chi connectivity index (χ3v) is 4.61. The van der Waals surface area contributed by atoms with Crippen molar-refractivity contribution in [1.29, 1.82) is 0 Å². The van der Waals surface area contributed by atoms with Gasteiger partial charge in [-0.05, 0) is 42.7 Å². The van der Waals surface area contributed by atoms with E-state index in [9.17, 15) is 9.59 Å². The van der Waals surface area contributed by atoms with E-state index in [1.54, 1.807) is 36.3 Å². The summed E-state index contributed by atoms with van der Waals surface area (Å²) in [7, 11) is 1.62. The zero-order chi connectivity index (χ0) is 18.1. The summed E-state index contributed by atoms with van der Waals surface area (Å²) >= 11 is 0. The molecule has 0 unspecified atom stereocenters. The first-order valence-electron chi connectivity index (χ1n) is 8.62. The zero-order valence-electron chi connectivity index (χ0n) is 14.5. The van der Waals surface area contributed by atoms with Gasteiger partial charge in [0.2, 0.25) is 0 Å². The molecule has 1 aliphatic carbocycles. The van der Waals surface area contributed by atoms with E-state index in [-0.39, 0.29) is 23.1 Å². The molecule has 132 valence electrons. The molecule has 5 nitrogen and oxygen atoms in total. The van der Waals surface area contributed by atoms with Crippen LogP contribution in [0.1, 0.15) is 29.0 Å². The molecule has 0 aliphatic heterocycles. The van der Waals surface area contributed by atoms with Gasteiger partial charge in [-0.2, -0.15) is 0 Å². The van der Waals surface area contributed by atoms with Crippen LogP contribution in [-0.2, 0) is 6.54 Å². The van der Waals surface area contributed by atoms with Crippen molar-refractivity contribution in [1.82, 2.24) is 4.90 Å². The highest BCUT2D eigenvalue weighted by molar-refractivity contribution is 5.93. The summed E-state index contributed by atoms with van der Waals surface area (Å²) in [5, 5.41) is 0.483. The highest BCUT2D eigenvalue weighted by Crippen LogP contribution is 2.30. The molecular formula is C21H19NO4. The average molecular weight is 349 g/mol. The predicted molar refractivity (Wildman–Crippen MR) is 98.4 cm³/mol. The Bertz CT molecular complexity index is 1000. The fraction of sp³-hybridized carbons (Fsp3) is 0.238. The van der Waals surface area contributed by atoms with E-state index >= 15 is 0 Å². The third-order valence-electron chi connectivity index (χ3n) is 4.61. The second kappa shape index (κ2) is 6.67. The number of para-hydroxylation sites is 1. The lowest BCUT2D eigenvalue weighted by Crippen LogP contribution is -2.33. The number of hydrogen-bond acceptors (Lipinski definition) is 4. The van der Waals surface area contributed by atoms with Gasteiger partial charge in [-0.3, -0.25) is 9.59 Å². The van der Waals surface area contributed by atoms with Crippen LogP contribution >= 0.6 is 0 Å². The Morgan fingerprint density at radius 3 is 2.58 bits per heavy atom. The topological polar surface area (TPSA) is 59.8 Å². The Morgan fingerprint density at radius 1 is 1.15 bits per heavy atom. The van der Waals surface area contributed by atoms with E-state index in [0.717, 1.165) is 24.2 Å². The number of carbonyl (C=O) groups excluding carboxylic acids is 1. The zero-order valence-corrected chi connectivity index (χ0v) is 14.5. The lowest BCUT2D eigenvalue weighted by molar-refractivity contribution is 0.0698. The van der Waals surface area contributed by atoms with Gasteiger partial charge in [-0.15, -0.1) is 0 Å². The number of hydrogen-bond donors (Lipinski definition) is 0. The van der Waals surface area contributed by atoms with Gasteiger partial charge in [-0.25, -0.2) is 0 Å². The molecule has 3 aromatic rings. The summed E-state index contributed by atoms with van der Waals surface area (Å²) in [5.41, 5.74) is 1.24. The summed E-state index contributed by atoms with van der Waals surface area (Å²) in [6, 6.07) is 16.1. The minimum Gasteiger partial charge on any atom is -0.497 e. The van der Waals surface area contributed by atoms with Crippen molar-refractivity contribution in [3.8, 4) is 5.75 Å². The summed E-state index contributed by atoms with van der Waals surface area (Å²) in [6.45, 7) is 0.476.